The van der Waals surface area contributed by atoms with Crippen LogP contribution in [0.5, 0.6) is 0 Å². The number of anilines is 1. The highest BCUT2D eigenvalue weighted by Crippen LogP contribution is 2.26. The highest BCUT2D eigenvalue weighted by atomic mass is 32.1. The summed E-state index contributed by atoms with van der Waals surface area (Å²) in [4.78, 5) is 21.9. The van der Waals surface area contributed by atoms with E-state index in [9.17, 15) is 0 Å². The molecule has 1 saturated heterocycles. The monoisotopic (exact) mass is 470 g/mol. The van der Waals surface area contributed by atoms with E-state index in [1.807, 2.05) is 31.2 Å². The molecule has 6 rings (SSSR count). The first-order chi connectivity index (χ1) is 16.7. The molecule has 0 N–H and O–H groups in total. The Morgan fingerprint density at radius 3 is 1.91 bits per heavy atom. The van der Waals surface area contributed by atoms with E-state index in [0.29, 0.717) is 6.04 Å². The predicted octanol–water partition coefficient (Wildman–Crippen LogP) is 4.30. The zero-order chi connectivity index (χ0) is 23.3. The molecule has 0 bridgehead atoms. The Bertz CT molecular complexity index is 1310. The van der Waals surface area contributed by atoms with E-state index < -0.39 is 0 Å². The molecule has 0 saturated carbocycles. The standard InChI is InChI=1S/C17H20N6S.C8H6N2/c1-12(14-3-4-15-16(11-14)19-6-5-18-15)22-7-9-23(10-8-22)17-21-20-13(2)24-17;1-2-4-8-7(3-1)9-5-6-10-8/h3-6,11-12H,7-10H2,1-2H3;1-6H. The molecule has 1 aliphatic heterocycles. The second-order valence-electron chi connectivity index (χ2n) is 8.15. The number of nitrogens with zero attached hydrogens (tertiary/aromatic N) is 8. The number of para-hydroxylation sites is 2. The van der Waals surface area contributed by atoms with E-state index in [4.69, 9.17) is 0 Å². The van der Waals surface area contributed by atoms with Gasteiger partial charge < -0.3 is 4.90 Å². The molecule has 9 heteroatoms. The molecule has 34 heavy (non-hydrogen) atoms. The number of fused-ring (bicyclic) bond motifs is 2. The number of hydrogen-bond acceptors (Lipinski definition) is 9. The first kappa shape index (κ1) is 22.2. The van der Waals surface area contributed by atoms with Gasteiger partial charge in [0.1, 0.15) is 5.01 Å². The Morgan fingerprint density at radius 1 is 0.735 bits per heavy atom. The van der Waals surface area contributed by atoms with Crippen LogP contribution in [-0.2, 0) is 0 Å². The normalized spacial score (nSPS) is 15.2. The molecule has 1 unspecified atom stereocenters. The fraction of sp³-hybridized carbons (Fsp3) is 0.280. The summed E-state index contributed by atoms with van der Waals surface area (Å²) in [6, 6.07) is 14.6. The topological polar surface area (TPSA) is 83.8 Å². The lowest BCUT2D eigenvalue weighted by Gasteiger charge is -2.38. The van der Waals surface area contributed by atoms with Crippen molar-refractivity contribution in [2.75, 3.05) is 31.1 Å². The molecule has 0 spiro atoms. The maximum absolute atomic E-state index is 4.42. The summed E-state index contributed by atoms with van der Waals surface area (Å²) in [7, 11) is 0. The zero-order valence-electron chi connectivity index (χ0n) is 19.2. The second kappa shape index (κ2) is 10.1. The van der Waals surface area contributed by atoms with Gasteiger partial charge in [-0.25, -0.2) is 0 Å². The summed E-state index contributed by atoms with van der Waals surface area (Å²) < 4.78 is 0. The first-order valence-corrected chi connectivity index (χ1v) is 12.1. The molecule has 2 aromatic carbocycles. The van der Waals surface area contributed by atoms with Crippen molar-refractivity contribution in [2.45, 2.75) is 19.9 Å². The van der Waals surface area contributed by atoms with E-state index in [1.54, 1.807) is 36.1 Å². The van der Waals surface area contributed by atoms with E-state index in [2.05, 4.69) is 65.1 Å². The van der Waals surface area contributed by atoms with Crippen molar-refractivity contribution in [3.63, 3.8) is 0 Å². The van der Waals surface area contributed by atoms with Crippen molar-refractivity contribution < 1.29 is 0 Å². The van der Waals surface area contributed by atoms with Crippen LogP contribution in [0.15, 0.2) is 67.3 Å². The third-order valence-electron chi connectivity index (χ3n) is 6.00. The highest BCUT2D eigenvalue weighted by molar-refractivity contribution is 7.15. The molecule has 0 amide bonds. The van der Waals surface area contributed by atoms with Crippen molar-refractivity contribution >= 4 is 38.5 Å². The molecule has 1 fully saturated rings. The predicted molar refractivity (Wildman–Crippen MR) is 136 cm³/mol. The van der Waals surface area contributed by atoms with Gasteiger partial charge >= 0.3 is 0 Å². The number of aryl methyl sites for hydroxylation is 1. The summed E-state index contributed by atoms with van der Waals surface area (Å²) in [5.74, 6) is 0. The van der Waals surface area contributed by atoms with Crippen LogP contribution in [0.1, 0.15) is 23.5 Å². The number of aromatic nitrogens is 6. The minimum Gasteiger partial charge on any atom is -0.344 e. The molecule has 1 atom stereocenters. The Kier molecular flexibility index (Phi) is 6.64. The molecule has 4 heterocycles. The number of hydrogen-bond donors (Lipinski definition) is 0. The van der Waals surface area contributed by atoms with Crippen molar-refractivity contribution in [1.29, 1.82) is 0 Å². The van der Waals surface area contributed by atoms with Gasteiger partial charge in [0.15, 0.2) is 0 Å². The fourth-order valence-corrected chi connectivity index (χ4v) is 4.81. The van der Waals surface area contributed by atoms with Gasteiger partial charge in [-0.15, -0.1) is 10.2 Å². The second-order valence-corrected chi connectivity index (χ2v) is 9.31. The largest absolute Gasteiger partial charge is 0.344 e. The Balaban J connectivity index is 0.000000200. The van der Waals surface area contributed by atoms with Crippen molar-refractivity contribution in [1.82, 2.24) is 35.0 Å². The van der Waals surface area contributed by atoms with Gasteiger partial charge in [-0.2, -0.15) is 0 Å². The SMILES string of the molecule is Cc1nnc(N2CCN(C(C)c3ccc4nccnc4c3)CC2)s1.c1ccc2nccnc2c1. The molecule has 0 aliphatic carbocycles. The molecular formula is C25H26N8S. The van der Waals surface area contributed by atoms with Crippen LogP contribution >= 0.6 is 11.3 Å². The van der Waals surface area contributed by atoms with E-state index in [1.165, 1.54) is 5.56 Å². The van der Waals surface area contributed by atoms with Crippen molar-refractivity contribution in [3.8, 4) is 0 Å². The van der Waals surface area contributed by atoms with E-state index >= 15 is 0 Å². The van der Waals surface area contributed by atoms with Crippen LogP contribution in [0, 0.1) is 6.92 Å². The summed E-state index contributed by atoms with van der Waals surface area (Å²) in [6.07, 6.45) is 6.88. The summed E-state index contributed by atoms with van der Waals surface area (Å²) in [5, 5.41) is 10.5. The lowest BCUT2D eigenvalue weighted by Crippen LogP contribution is -2.47. The lowest BCUT2D eigenvalue weighted by atomic mass is 10.1. The highest BCUT2D eigenvalue weighted by Gasteiger charge is 2.24. The Labute approximate surface area is 202 Å². The van der Waals surface area contributed by atoms with Gasteiger partial charge in [0.25, 0.3) is 0 Å². The smallest absolute Gasteiger partial charge is 0.208 e. The van der Waals surface area contributed by atoms with Gasteiger partial charge in [-0.3, -0.25) is 24.8 Å². The zero-order valence-corrected chi connectivity index (χ0v) is 20.1. The van der Waals surface area contributed by atoms with Gasteiger partial charge in [0.2, 0.25) is 5.13 Å². The van der Waals surface area contributed by atoms with Gasteiger partial charge in [-0.05, 0) is 43.7 Å². The third-order valence-corrected chi connectivity index (χ3v) is 6.90. The average molecular weight is 471 g/mol. The molecule has 5 aromatic rings. The summed E-state index contributed by atoms with van der Waals surface area (Å²) in [5.41, 5.74) is 5.10. The van der Waals surface area contributed by atoms with Crippen molar-refractivity contribution in [3.05, 3.63) is 77.8 Å². The van der Waals surface area contributed by atoms with E-state index in [0.717, 1.165) is 58.4 Å². The van der Waals surface area contributed by atoms with Crippen LogP contribution < -0.4 is 4.90 Å². The van der Waals surface area contributed by atoms with Crippen molar-refractivity contribution in [2.24, 2.45) is 0 Å². The van der Waals surface area contributed by atoms with Crippen LogP contribution in [-0.4, -0.2) is 61.2 Å². The molecule has 0 radical (unpaired) electrons. The Hall–Kier alpha value is -3.56. The first-order valence-electron chi connectivity index (χ1n) is 11.3. The summed E-state index contributed by atoms with van der Waals surface area (Å²) in [6.45, 7) is 8.31. The lowest BCUT2D eigenvalue weighted by molar-refractivity contribution is 0.198. The van der Waals surface area contributed by atoms with Crippen LogP contribution in [0.2, 0.25) is 0 Å². The maximum Gasteiger partial charge on any atom is 0.208 e. The average Bonchev–Trinajstić information content (AvgIpc) is 3.35. The quantitative estimate of drug-likeness (QED) is 0.386. The molecular weight excluding hydrogens is 444 g/mol. The summed E-state index contributed by atoms with van der Waals surface area (Å²) >= 11 is 1.67. The van der Waals surface area contributed by atoms with Crippen LogP contribution in [0.4, 0.5) is 5.13 Å². The van der Waals surface area contributed by atoms with Gasteiger partial charge in [0.05, 0.1) is 22.1 Å². The fourth-order valence-electron chi connectivity index (χ4n) is 4.08. The van der Waals surface area contributed by atoms with Gasteiger partial charge in [0, 0.05) is 57.0 Å². The maximum atomic E-state index is 4.42. The van der Waals surface area contributed by atoms with Gasteiger partial charge in [-0.1, -0.05) is 29.5 Å². The molecule has 1 aliphatic rings. The van der Waals surface area contributed by atoms with Crippen LogP contribution in [0.25, 0.3) is 22.1 Å². The molecule has 3 aromatic heterocycles. The molecule has 172 valence electrons. The minimum absolute atomic E-state index is 0.370. The molecule has 8 nitrogen and oxygen atoms in total. The third kappa shape index (κ3) is 5.00. The Morgan fingerprint density at radius 2 is 1.32 bits per heavy atom. The minimum atomic E-state index is 0.370. The number of piperazine rings is 1. The van der Waals surface area contributed by atoms with Crippen LogP contribution in [0.3, 0.4) is 0 Å². The van der Waals surface area contributed by atoms with E-state index in [-0.39, 0.29) is 0 Å². The number of rotatable bonds is 3. The number of benzene rings is 2.